The third-order valence-corrected chi connectivity index (χ3v) is 7.70. The highest BCUT2D eigenvalue weighted by atomic mass is 35.5. The molecule has 212 valence electrons. The Morgan fingerprint density at radius 3 is 2.43 bits per heavy atom. The first-order chi connectivity index (χ1) is 20.4. The Hall–Kier alpha value is -4.82. The van der Waals surface area contributed by atoms with E-state index in [1.54, 1.807) is 13.0 Å². The Labute approximate surface area is 249 Å². The first-order valence-corrected chi connectivity index (χ1v) is 14.1. The third-order valence-electron chi connectivity index (χ3n) is 7.37. The van der Waals surface area contributed by atoms with Gasteiger partial charge in [-0.15, -0.1) is 0 Å². The van der Waals surface area contributed by atoms with Crippen molar-refractivity contribution < 1.29 is 4.74 Å². The average molecular weight is 579 g/mol. The fraction of sp³-hybridized carbons (Fsp3) is 0.182. The van der Waals surface area contributed by atoms with Crippen LogP contribution in [0.2, 0.25) is 5.02 Å². The van der Waals surface area contributed by atoms with Crippen molar-refractivity contribution >= 4 is 45.4 Å². The Morgan fingerprint density at radius 2 is 1.64 bits per heavy atom. The summed E-state index contributed by atoms with van der Waals surface area (Å²) in [5.74, 6) is 1.36. The van der Waals surface area contributed by atoms with Crippen LogP contribution in [0.25, 0.3) is 10.9 Å². The molecule has 0 bridgehead atoms. The van der Waals surface area contributed by atoms with Crippen LogP contribution in [-0.4, -0.2) is 36.1 Å². The molecule has 42 heavy (non-hydrogen) atoms. The fourth-order valence-corrected chi connectivity index (χ4v) is 5.32. The molecule has 0 saturated carbocycles. The molecular weight excluding hydrogens is 548 g/mol. The quantitative estimate of drug-likeness (QED) is 0.237. The summed E-state index contributed by atoms with van der Waals surface area (Å²) in [4.78, 5) is 25.5. The number of aliphatic imine (C=N–C) groups is 1. The van der Waals surface area contributed by atoms with Crippen LogP contribution in [0.15, 0.2) is 107 Å². The van der Waals surface area contributed by atoms with Gasteiger partial charge in [0, 0.05) is 26.3 Å². The minimum absolute atomic E-state index is 0.205. The molecule has 4 aromatic carbocycles. The van der Waals surface area contributed by atoms with E-state index in [0.29, 0.717) is 45.6 Å². The van der Waals surface area contributed by atoms with E-state index in [4.69, 9.17) is 21.3 Å². The predicted octanol–water partition coefficient (Wildman–Crippen LogP) is 6.56. The zero-order valence-electron chi connectivity index (χ0n) is 23.6. The van der Waals surface area contributed by atoms with Crippen molar-refractivity contribution in [2.45, 2.75) is 13.0 Å². The van der Waals surface area contributed by atoms with Gasteiger partial charge in [0.15, 0.2) is 0 Å². The van der Waals surface area contributed by atoms with Gasteiger partial charge in [0.25, 0.3) is 5.56 Å². The predicted molar refractivity (Wildman–Crippen MR) is 171 cm³/mol. The van der Waals surface area contributed by atoms with Crippen molar-refractivity contribution in [1.82, 2.24) is 9.66 Å². The molecule has 0 saturated heterocycles. The lowest BCUT2D eigenvalue weighted by atomic mass is 9.93. The fourth-order valence-electron chi connectivity index (χ4n) is 5.11. The summed E-state index contributed by atoms with van der Waals surface area (Å²) in [5.41, 5.74) is 7.30. The van der Waals surface area contributed by atoms with Crippen LogP contribution in [0.5, 0.6) is 5.75 Å². The van der Waals surface area contributed by atoms with E-state index in [1.807, 2.05) is 80.8 Å². The van der Waals surface area contributed by atoms with Gasteiger partial charge in [0.05, 0.1) is 27.5 Å². The standard InChI is InChI=1S/C33H31ClN6O2/c1-21-36-27-12-6-4-10-24(27)33(41)40(21)38-32-25(20-35-28-13-7-5-11-26(28)34)31(22-16-18-23(19-17-22)39(2)3)42-30-15-9-8-14-29(30)37-32/h4-19,25,31,35H,20H2,1-3H3,(H,37,38). The van der Waals surface area contributed by atoms with Crippen molar-refractivity contribution in [3.63, 3.8) is 0 Å². The molecule has 2 heterocycles. The second-order valence-corrected chi connectivity index (χ2v) is 10.8. The summed E-state index contributed by atoms with van der Waals surface area (Å²) in [7, 11) is 4.02. The number of amidine groups is 1. The summed E-state index contributed by atoms with van der Waals surface area (Å²) >= 11 is 6.51. The van der Waals surface area contributed by atoms with Gasteiger partial charge in [0.1, 0.15) is 29.2 Å². The second-order valence-electron chi connectivity index (χ2n) is 10.4. The zero-order chi connectivity index (χ0) is 29.2. The normalized spacial score (nSPS) is 16.1. The molecule has 0 aliphatic carbocycles. The van der Waals surface area contributed by atoms with Gasteiger partial charge < -0.3 is 15.0 Å². The lowest BCUT2D eigenvalue weighted by Crippen LogP contribution is -2.42. The number of nitrogens with zero attached hydrogens (tertiary/aromatic N) is 4. The number of anilines is 2. The lowest BCUT2D eigenvalue weighted by molar-refractivity contribution is 0.175. The van der Waals surface area contributed by atoms with Gasteiger partial charge in [-0.3, -0.25) is 10.2 Å². The molecule has 1 aromatic heterocycles. The minimum atomic E-state index is -0.449. The number of aryl methyl sites for hydroxylation is 1. The molecule has 2 atom stereocenters. The summed E-state index contributed by atoms with van der Waals surface area (Å²) < 4.78 is 8.19. The molecule has 6 rings (SSSR count). The maximum Gasteiger partial charge on any atom is 0.280 e. The minimum Gasteiger partial charge on any atom is -0.483 e. The zero-order valence-corrected chi connectivity index (χ0v) is 24.3. The smallest absolute Gasteiger partial charge is 0.280 e. The van der Waals surface area contributed by atoms with Gasteiger partial charge in [0.2, 0.25) is 0 Å². The summed E-state index contributed by atoms with van der Waals surface area (Å²) in [6.45, 7) is 2.22. The molecule has 1 aliphatic heterocycles. The van der Waals surface area contributed by atoms with Gasteiger partial charge in [-0.2, -0.15) is 0 Å². The number of para-hydroxylation sites is 4. The second kappa shape index (κ2) is 11.6. The van der Waals surface area contributed by atoms with Gasteiger partial charge in [-0.25, -0.2) is 14.7 Å². The first kappa shape index (κ1) is 27.4. The molecule has 2 unspecified atom stereocenters. The van der Waals surface area contributed by atoms with Crippen molar-refractivity contribution in [3.8, 4) is 5.75 Å². The number of ether oxygens (including phenoxy) is 1. The van der Waals surface area contributed by atoms with Crippen LogP contribution in [0.3, 0.4) is 0 Å². The number of hydrogen-bond acceptors (Lipinski definition) is 7. The number of fused-ring (bicyclic) bond motifs is 2. The van der Waals surface area contributed by atoms with Gasteiger partial charge in [-0.1, -0.05) is 60.1 Å². The van der Waals surface area contributed by atoms with Crippen molar-refractivity contribution in [1.29, 1.82) is 0 Å². The van der Waals surface area contributed by atoms with E-state index in [-0.39, 0.29) is 11.5 Å². The molecule has 0 amide bonds. The highest BCUT2D eigenvalue weighted by Crippen LogP contribution is 2.39. The molecule has 5 aromatic rings. The van der Waals surface area contributed by atoms with Crippen LogP contribution < -0.4 is 25.9 Å². The van der Waals surface area contributed by atoms with Crippen LogP contribution in [0.4, 0.5) is 17.1 Å². The highest BCUT2D eigenvalue weighted by molar-refractivity contribution is 6.33. The van der Waals surface area contributed by atoms with E-state index in [1.165, 1.54) is 4.68 Å². The number of benzene rings is 4. The highest BCUT2D eigenvalue weighted by Gasteiger charge is 2.34. The number of hydrogen-bond donors (Lipinski definition) is 2. The van der Waals surface area contributed by atoms with Crippen molar-refractivity contribution in [2.24, 2.45) is 10.9 Å². The molecule has 0 fully saturated rings. The van der Waals surface area contributed by atoms with Crippen LogP contribution >= 0.6 is 11.6 Å². The molecule has 0 radical (unpaired) electrons. The van der Waals surface area contributed by atoms with Crippen LogP contribution in [-0.2, 0) is 0 Å². The van der Waals surface area contributed by atoms with Gasteiger partial charge >= 0.3 is 0 Å². The van der Waals surface area contributed by atoms with Crippen LogP contribution in [0.1, 0.15) is 17.5 Å². The topological polar surface area (TPSA) is 83.8 Å². The van der Waals surface area contributed by atoms with Crippen molar-refractivity contribution in [2.75, 3.05) is 36.3 Å². The summed E-state index contributed by atoms with van der Waals surface area (Å²) in [5, 5.41) is 4.62. The first-order valence-electron chi connectivity index (χ1n) is 13.7. The molecule has 0 spiro atoms. The maximum atomic E-state index is 13.7. The number of halogens is 1. The number of nitrogens with one attached hydrogen (secondary N) is 2. The largest absolute Gasteiger partial charge is 0.483 e. The van der Waals surface area contributed by atoms with E-state index in [0.717, 1.165) is 16.9 Å². The summed E-state index contributed by atoms with van der Waals surface area (Å²) in [6, 6.07) is 30.9. The van der Waals surface area contributed by atoms with E-state index < -0.39 is 6.10 Å². The average Bonchev–Trinajstić information content (AvgIpc) is 3.15. The van der Waals surface area contributed by atoms with E-state index in [9.17, 15) is 4.79 Å². The lowest BCUT2D eigenvalue weighted by Gasteiger charge is -2.29. The van der Waals surface area contributed by atoms with Crippen molar-refractivity contribution in [3.05, 3.63) is 124 Å². The Morgan fingerprint density at radius 1 is 0.929 bits per heavy atom. The third kappa shape index (κ3) is 5.41. The molecule has 9 heteroatoms. The molecule has 1 aliphatic rings. The number of aromatic nitrogens is 2. The Bertz CT molecular complexity index is 1830. The molecular formula is C33H31ClN6O2. The Kier molecular flexibility index (Phi) is 7.54. The SMILES string of the molecule is Cc1nc2ccccc2c(=O)n1NC1=Nc2ccccc2OC(c2ccc(N(C)C)cc2)C1CNc1ccccc1Cl. The Balaban J connectivity index is 1.48. The van der Waals surface area contributed by atoms with Crippen LogP contribution in [0, 0.1) is 12.8 Å². The van der Waals surface area contributed by atoms with E-state index in [2.05, 4.69) is 44.9 Å². The van der Waals surface area contributed by atoms with E-state index >= 15 is 0 Å². The molecule has 2 N–H and O–H groups in total. The number of rotatable bonds is 6. The molecule has 8 nitrogen and oxygen atoms in total. The maximum absolute atomic E-state index is 13.7. The monoisotopic (exact) mass is 578 g/mol. The van der Waals surface area contributed by atoms with Gasteiger partial charge in [-0.05, 0) is 61.0 Å². The summed E-state index contributed by atoms with van der Waals surface area (Å²) in [6.07, 6.45) is -0.449.